The van der Waals surface area contributed by atoms with Gasteiger partial charge in [-0.25, -0.2) is 4.84 Å². The Kier molecular flexibility index (Phi) is 10.6. The third-order valence-electron chi connectivity index (χ3n) is 2.66. The minimum absolute atomic E-state index is 0.150. The van der Waals surface area contributed by atoms with Gasteiger partial charge >= 0.3 is 11.1 Å². The van der Waals surface area contributed by atoms with E-state index < -0.39 is 11.1 Å². The second-order valence-electron chi connectivity index (χ2n) is 4.27. The summed E-state index contributed by atoms with van der Waals surface area (Å²) in [5.74, 6) is -0.738. The molecule has 5 heteroatoms. The Morgan fingerprint density at radius 3 is 1.94 bits per heavy atom. The van der Waals surface area contributed by atoms with Crippen LogP contribution in [-0.4, -0.2) is 11.1 Å². The molecule has 0 N–H and O–H groups in total. The summed E-state index contributed by atoms with van der Waals surface area (Å²) >= 11 is 0. The monoisotopic (exact) mass is 245 g/mol. The van der Waals surface area contributed by atoms with E-state index in [2.05, 4.69) is 11.8 Å². The van der Waals surface area contributed by atoms with Crippen molar-refractivity contribution in [1.82, 2.24) is 0 Å². The molecule has 0 aliphatic heterocycles. The van der Waals surface area contributed by atoms with E-state index in [9.17, 15) is 14.9 Å². The quantitative estimate of drug-likeness (QED) is 0.316. The van der Waals surface area contributed by atoms with Crippen molar-refractivity contribution in [2.75, 3.05) is 0 Å². The summed E-state index contributed by atoms with van der Waals surface area (Å²) in [5, 5.41) is 8.79. The molecule has 0 amide bonds. The smallest absolute Gasteiger partial charge is 0.268 e. The predicted molar refractivity (Wildman–Crippen MR) is 64.9 cm³/mol. The fourth-order valence-corrected chi connectivity index (χ4v) is 1.71. The zero-order chi connectivity index (χ0) is 12.9. The molecule has 0 aliphatic carbocycles. The van der Waals surface area contributed by atoms with Gasteiger partial charge in [0.1, 0.15) is 0 Å². The molecule has 0 aromatic heterocycles. The molecule has 0 aromatic carbocycles. The molecule has 0 aromatic rings. The van der Waals surface area contributed by atoms with E-state index in [1.807, 2.05) is 0 Å². The topological polar surface area (TPSA) is 69.4 Å². The Balaban J connectivity index is 3.13. The molecular weight excluding hydrogens is 222 g/mol. The number of rotatable bonds is 11. The van der Waals surface area contributed by atoms with Gasteiger partial charge in [0, 0.05) is 6.42 Å². The molecule has 0 rings (SSSR count). The van der Waals surface area contributed by atoms with Gasteiger partial charge in [0.15, 0.2) is 0 Å². The number of hydrogen-bond acceptors (Lipinski definition) is 4. The van der Waals surface area contributed by atoms with Crippen molar-refractivity contribution in [3.63, 3.8) is 0 Å². The van der Waals surface area contributed by atoms with Crippen LogP contribution in [0.15, 0.2) is 0 Å². The van der Waals surface area contributed by atoms with Crippen LogP contribution in [-0.2, 0) is 9.63 Å². The summed E-state index contributed by atoms with van der Waals surface area (Å²) in [6, 6.07) is 0. The van der Waals surface area contributed by atoms with E-state index >= 15 is 0 Å². The predicted octanol–water partition coefficient (Wildman–Crippen LogP) is 3.64. The molecule has 0 fully saturated rings. The standard InChI is InChI=1S/C12H23NO4/c1-2-3-4-5-6-7-8-9-10-11-12(14)17-13(15)16/h2-11H2,1H3. The lowest BCUT2D eigenvalue weighted by molar-refractivity contribution is -0.729. The van der Waals surface area contributed by atoms with Crippen LogP contribution in [0.2, 0.25) is 0 Å². The Bertz CT molecular complexity index is 219. The van der Waals surface area contributed by atoms with Crippen LogP contribution < -0.4 is 0 Å². The molecule has 0 unspecified atom stereocenters. The first kappa shape index (κ1) is 15.9. The summed E-state index contributed by atoms with van der Waals surface area (Å²) < 4.78 is 0. The zero-order valence-electron chi connectivity index (χ0n) is 10.7. The first-order chi connectivity index (χ1) is 8.16. The van der Waals surface area contributed by atoms with Gasteiger partial charge in [0.25, 0.3) is 0 Å². The molecule has 0 saturated carbocycles. The fourth-order valence-electron chi connectivity index (χ4n) is 1.71. The highest BCUT2D eigenvalue weighted by molar-refractivity contribution is 5.68. The van der Waals surface area contributed by atoms with Crippen molar-refractivity contribution >= 4 is 5.97 Å². The highest BCUT2D eigenvalue weighted by atomic mass is 17.0. The van der Waals surface area contributed by atoms with E-state index in [1.54, 1.807) is 0 Å². The first-order valence-corrected chi connectivity index (χ1v) is 6.52. The van der Waals surface area contributed by atoms with Crippen LogP contribution in [0.3, 0.4) is 0 Å². The van der Waals surface area contributed by atoms with Gasteiger partial charge in [-0.3, -0.25) is 4.79 Å². The molecule has 17 heavy (non-hydrogen) atoms. The van der Waals surface area contributed by atoms with Crippen molar-refractivity contribution in [3.8, 4) is 0 Å². The minimum atomic E-state index is -1.05. The summed E-state index contributed by atoms with van der Waals surface area (Å²) in [5.41, 5.74) is 0. The second-order valence-corrected chi connectivity index (χ2v) is 4.27. The highest BCUT2D eigenvalue weighted by Gasteiger charge is 2.06. The number of carbonyl (C=O) groups excluding carboxylic acids is 1. The average Bonchev–Trinajstić information content (AvgIpc) is 2.26. The van der Waals surface area contributed by atoms with Gasteiger partial charge in [-0.15, -0.1) is 10.1 Å². The summed E-state index contributed by atoms with van der Waals surface area (Å²) in [7, 11) is 0. The summed E-state index contributed by atoms with van der Waals surface area (Å²) in [6.45, 7) is 2.20. The molecule has 0 atom stereocenters. The second kappa shape index (κ2) is 11.4. The van der Waals surface area contributed by atoms with Gasteiger partial charge in [-0.1, -0.05) is 58.3 Å². The minimum Gasteiger partial charge on any atom is -0.268 e. The molecular formula is C12H23NO4. The van der Waals surface area contributed by atoms with Crippen molar-refractivity contribution < 1.29 is 14.7 Å². The summed E-state index contributed by atoms with van der Waals surface area (Å²) in [4.78, 5) is 24.4. The molecule has 0 radical (unpaired) electrons. The van der Waals surface area contributed by atoms with Crippen LogP contribution in [0.1, 0.15) is 71.1 Å². The first-order valence-electron chi connectivity index (χ1n) is 6.52. The van der Waals surface area contributed by atoms with Crippen LogP contribution in [0.4, 0.5) is 0 Å². The lowest BCUT2D eigenvalue weighted by Crippen LogP contribution is -2.09. The van der Waals surface area contributed by atoms with E-state index in [0.29, 0.717) is 6.42 Å². The normalized spacial score (nSPS) is 10.2. The third kappa shape index (κ3) is 12.8. The molecule has 5 nitrogen and oxygen atoms in total. The lowest BCUT2D eigenvalue weighted by atomic mass is 10.1. The van der Waals surface area contributed by atoms with Crippen LogP contribution >= 0.6 is 0 Å². The van der Waals surface area contributed by atoms with Gasteiger partial charge in [0.05, 0.1) is 0 Å². The van der Waals surface area contributed by atoms with E-state index in [0.717, 1.165) is 12.8 Å². The maximum absolute atomic E-state index is 10.8. The molecule has 0 bridgehead atoms. The van der Waals surface area contributed by atoms with E-state index in [-0.39, 0.29) is 6.42 Å². The Labute approximate surface area is 103 Å². The molecule has 0 heterocycles. The van der Waals surface area contributed by atoms with Crippen molar-refractivity contribution in [3.05, 3.63) is 10.1 Å². The largest absolute Gasteiger partial charge is 0.303 e. The maximum Gasteiger partial charge on any atom is 0.303 e. The molecule has 0 spiro atoms. The molecule has 100 valence electrons. The van der Waals surface area contributed by atoms with E-state index in [1.165, 1.54) is 38.5 Å². The van der Waals surface area contributed by atoms with Crippen LogP contribution in [0, 0.1) is 10.1 Å². The van der Waals surface area contributed by atoms with Crippen molar-refractivity contribution in [2.45, 2.75) is 71.1 Å². The number of carbonyl (C=O) groups is 1. The maximum atomic E-state index is 10.8. The van der Waals surface area contributed by atoms with Gasteiger partial charge in [0.2, 0.25) is 0 Å². The third-order valence-corrected chi connectivity index (χ3v) is 2.66. The molecule has 0 aliphatic rings. The lowest BCUT2D eigenvalue weighted by Gasteiger charge is -2.01. The molecule has 0 saturated heterocycles. The number of nitrogens with zero attached hydrogens (tertiary/aromatic N) is 1. The Hall–Kier alpha value is -1.13. The van der Waals surface area contributed by atoms with Crippen molar-refractivity contribution in [2.24, 2.45) is 0 Å². The van der Waals surface area contributed by atoms with Gasteiger partial charge < -0.3 is 0 Å². The Morgan fingerprint density at radius 1 is 1.00 bits per heavy atom. The number of hydrogen-bond donors (Lipinski definition) is 0. The summed E-state index contributed by atoms with van der Waals surface area (Å²) in [6.07, 6.45) is 10.5. The van der Waals surface area contributed by atoms with Gasteiger partial charge in [-0.05, 0) is 6.42 Å². The fraction of sp³-hybridized carbons (Fsp3) is 0.917. The highest BCUT2D eigenvalue weighted by Crippen LogP contribution is 2.10. The van der Waals surface area contributed by atoms with E-state index in [4.69, 9.17) is 0 Å². The van der Waals surface area contributed by atoms with Gasteiger partial charge in [-0.2, -0.15) is 0 Å². The average molecular weight is 245 g/mol. The zero-order valence-corrected chi connectivity index (χ0v) is 10.7. The Morgan fingerprint density at radius 2 is 1.47 bits per heavy atom. The van der Waals surface area contributed by atoms with Crippen LogP contribution in [0.25, 0.3) is 0 Å². The number of unbranched alkanes of at least 4 members (excludes halogenated alkanes) is 8. The van der Waals surface area contributed by atoms with Crippen LogP contribution in [0.5, 0.6) is 0 Å². The SMILES string of the molecule is CCCCCCCCCCCC(=O)O[N+](=O)[O-]. The van der Waals surface area contributed by atoms with Crippen molar-refractivity contribution in [1.29, 1.82) is 0 Å².